The van der Waals surface area contributed by atoms with Gasteiger partial charge in [0.25, 0.3) is 0 Å². The lowest BCUT2D eigenvalue weighted by molar-refractivity contribution is -0.137. The van der Waals surface area contributed by atoms with Crippen LogP contribution in [0.15, 0.2) is 66.7 Å². The summed E-state index contributed by atoms with van der Waals surface area (Å²) in [6.07, 6.45) is -9.61. The molecule has 0 aliphatic rings. The van der Waals surface area contributed by atoms with Crippen LogP contribution < -0.4 is 9.64 Å². The normalized spacial score (nSPS) is 11.7. The van der Waals surface area contributed by atoms with Crippen LogP contribution in [-0.4, -0.2) is 12.7 Å². The SMILES string of the molecule is N#Cc1ccc(N(Cc2cccc(Oc3ccc(F)cc3)c2)CC(F)(F)F)cc1C(F)(F)F. The molecule has 10 heteroatoms. The summed E-state index contributed by atoms with van der Waals surface area (Å²) < 4.78 is 98.1. The lowest BCUT2D eigenvalue weighted by Gasteiger charge is -2.27. The standard InChI is InChI=1S/C23H15F7N2O/c24-17-5-8-19(9-6-17)33-20-3-1-2-15(10-20)13-32(14-22(25,26)27)18-7-4-16(12-31)21(11-18)23(28,29)30/h1-11H,13-14H2. The first-order valence-corrected chi connectivity index (χ1v) is 9.40. The van der Waals surface area contributed by atoms with Crippen LogP contribution in [0.3, 0.4) is 0 Å². The molecular formula is C23H15F7N2O. The molecule has 0 bridgehead atoms. The minimum absolute atomic E-state index is 0.252. The molecule has 0 heterocycles. The molecule has 0 aliphatic carbocycles. The van der Waals surface area contributed by atoms with E-state index in [1.165, 1.54) is 54.6 Å². The van der Waals surface area contributed by atoms with Crippen molar-refractivity contribution in [2.24, 2.45) is 0 Å². The molecule has 0 spiro atoms. The second-order valence-electron chi connectivity index (χ2n) is 7.01. The van der Waals surface area contributed by atoms with Crippen molar-refractivity contribution in [2.45, 2.75) is 18.9 Å². The zero-order valence-electron chi connectivity index (χ0n) is 16.7. The van der Waals surface area contributed by atoms with Gasteiger partial charge in [-0.1, -0.05) is 12.1 Å². The van der Waals surface area contributed by atoms with Crippen molar-refractivity contribution in [1.82, 2.24) is 0 Å². The quantitative estimate of drug-likeness (QED) is 0.363. The van der Waals surface area contributed by atoms with Crippen molar-refractivity contribution in [3.05, 3.63) is 89.2 Å². The van der Waals surface area contributed by atoms with Crippen molar-refractivity contribution in [2.75, 3.05) is 11.4 Å². The van der Waals surface area contributed by atoms with Crippen LogP contribution in [0.25, 0.3) is 0 Å². The average Bonchev–Trinajstić information content (AvgIpc) is 2.73. The molecule has 0 aromatic heterocycles. The summed E-state index contributed by atoms with van der Waals surface area (Å²) in [6, 6.07) is 14.9. The number of anilines is 1. The van der Waals surface area contributed by atoms with Crippen LogP contribution in [0.5, 0.6) is 11.5 Å². The van der Waals surface area contributed by atoms with E-state index in [1.807, 2.05) is 0 Å². The van der Waals surface area contributed by atoms with E-state index in [-0.39, 0.29) is 18.0 Å². The zero-order chi connectivity index (χ0) is 24.2. The Hall–Kier alpha value is -3.74. The molecule has 0 saturated carbocycles. The summed E-state index contributed by atoms with van der Waals surface area (Å²) in [5.74, 6) is 0.0732. The molecule has 172 valence electrons. The summed E-state index contributed by atoms with van der Waals surface area (Å²) in [4.78, 5) is 0.730. The number of alkyl halides is 6. The first-order valence-electron chi connectivity index (χ1n) is 9.40. The highest BCUT2D eigenvalue weighted by Crippen LogP contribution is 2.35. The first-order chi connectivity index (χ1) is 15.4. The number of benzene rings is 3. The fraction of sp³-hybridized carbons (Fsp3) is 0.174. The Bertz CT molecular complexity index is 1150. The maximum absolute atomic E-state index is 13.3. The second-order valence-corrected chi connectivity index (χ2v) is 7.01. The Morgan fingerprint density at radius 2 is 1.55 bits per heavy atom. The topological polar surface area (TPSA) is 36.3 Å². The van der Waals surface area contributed by atoms with Gasteiger partial charge in [0.05, 0.1) is 17.2 Å². The highest BCUT2D eigenvalue weighted by molar-refractivity contribution is 5.55. The van der Waals surface area contributed by atoms with Gasteiger partial charge in [-0.15, -0.1) is 0 Å². The lowest BCUT2D eigenvalue weighted by Crippen LogP contribution is -2.34. The van der Waals surface area contributed by atoms with Gasteiger partial charge in [-0.25, -0.2) is 4.39 Å². The van der Waals surface area contributed by atoms with Gasteiger partial charge in [0.2, 0.25) is 0 Å². The predicted octanol–water partition coefficient (Wildman–Crippen LogP) is 7.08. The van der Waals surface area contributed by atoms with Gasteiger partial charge in [0, 0.05) is 12.2 Å². The summed E-state index contributed by atoms with van der Waals surface area (Å²) >= 11 is 0. The molecule has 3 aromatic rings. The average molecular weight is 468 g/mol. The fourth-order valence-electron chi connectivity index (χ4n) is 3.08. The van der Waals surface area contributed by atoms with Gasteiger partial charge < -0.3 is 9.64 Å². The summed E-state index contributed by atoms with van der Waals surface area (Å²) in [7, 11) is 0. The number of hydrogen-bond donors (Lipinski definition) is 0. The van der Waals surface area contributed by atoms with Crippen LogP contribution in [0.2, 0.25) is 0 Å². The molecule has 0 amide bonds. The monoisotopic (exact) mass is 468 g/mol. The van der Waals surface area contributed by atoms with E-state index in [9.17, 15) is 30.7 Å². The van der Waals surface area contributed by atoms with E-state index in [4.69, 9.17) is 10.00 Å². The van der Waals surface area contributed by atoms with E-state index >= 15 is 0 Å². The Labute approximate surface area is 184 Å². The van der Waals surface area contributed by atoms with E-state index < -0.39 is 35.8 Å². The minimum Gasteiger partial charge on any atom is -0.457 e. The molecule has 3 rings (SSSR count). The zero-order valence-corrected chi connectivity index (χ0v) is 16.7. The molecule has 0 unspecified atom stereocenters. The van der Waals surface area contributed by atoms with Gasteiger partial charge in [0.1, 0.15) is 23.9 Å². The van der Waals surface area contributed by atoms with E-state index in [1.54, 1.807) is 0 Å². The van der Waals surface area contributed by atoms with Crippen molar-refractivity contribution < 1.29 is 35.5 Å². The largest absolute Gasteiger partial charge is 0.457 e. The third-order valence-corrected chi connectivity index (χ3v) is 4.49. The Kier molecular flexibility index (Phi) is 6.81. The number of nitriles is 1. The van der Waals surface area contributed by atoms with Crippen LogP contribution in [0, 0.1) is 17.1 Å². The van der Waals surface area contributed by atoms with Gasteiger partial charge in [-0.05, 0) is 60.2 Å². The molecule has 0 radical (unpaired) electrons. The third-order valence-electron chi connectivity index (χ3n) is 4.49. The molecule has 0 N–H and O–H groups in total. The number of hydrogen-bond acceptors (Lipinski definition) is 3. The molecule has 0 atom stereocenters. The van der Waals surface area contributed by atoms with Gasteiger partial charge in [-0.3, -0.25) is 0 Å². The third kappa shape index (κ3) is 6.62. The molecular weight excluding hydrogens is 453 g/mol. The van der Waals surface area contributed by atoms with Crippen LogP contribution in [-0.2, 0) is 12.7 Å². The molecule has 0 aliphatic heterocycles. The maximum Gasteiger partial charge on any atom is 0.417 e. The van der Waals surface area contributed by atoms with Crippen molar-refractivity contribution in [3.63, 3.8) is 0 Å². The number of nitrogens with zero attached hydrogens (tertiary/aromatic N) is 2. The fourth-order valence-corrected chi connectivity index (χ4v) is 3.08. The van der Waals surface area contributed by atoms with E-state index in [0.29, 0.717) is 17.4 Å². The summed E-state index contributed by atoms with van der Waals surface area (Å²) in [6.45, 7) is -1.90. The molecule has 0 saturated heterocycles. The van der Waals surface area contributed by atoms with Crippen molar-refractivity contribution in [3.8, 4) is 17.6 Å². The van der Waals surface area contributed by atoms with Crippen molar-refractivity contribution >= 4 is 5.69 Å². The molecule has 3 nitrogen and oxygen atoms in total. The highest BCUT2D eigenvalue weighted by Gasteiger charge is 2.36. The molecule has 0 fully saturated rings. The second kappa shape index (κ2) is 9.40. The van der Waals surface area contributed by atoms with Crippen LogP contribution in [0.4, 0.5) is 36.4 Å². The minimum atomic E-state index is -4.91. The Morgan fingerprint density at radius 1 is 0.848 bits per heavy atom. The van der Waals surface area contributed by atoms with Crippen molar-refractivity contribution in [1.29, 1.82) is 5.26 Å². The maximum atomic E-state index is 13.3. The van der Waals surface area contributed by atoms with Gasteiger partial charge in [-0.2, -0.15) is 31.6 Å². The number of rotatable bonds is 6. The number of ether oxygens (including phenoxy) is 1. The Morgan fingerprint density at radius 3 is 2.15 bits per heavy atom. The Balaban J connectivity index is 1.92. The number of halogens is 7. The van der Waals surface area contributed by atoms with Crippen LogP contribution >= 0.6 is 0 Å². The summed E-state index contributed by atoms with van der Waals surface area (Å²) in [5.41, 5.74) is -2.02. The van der Waals surface area contributed by atoms with E-state index in [2.05, 4.69) is 0 Å². The lowest BCUT2D eigenvalue weighted by atomic mass is 10.1. The van der Waals surface area contributed by atoms with Gasteiger partial charge >= 0.3 is 12.4 Å². The van der Waals surface area contributed by atoms with Gasteiger partial charge in [0.15, 0.2) is 0 Å². The smallest absolute Gasteiger partial charge is 0.417 e. The van der Waals surface area contributed by atoms with E-state index in [0.717, 1.165) is 17.0 Å². The predicted molar refractivity (Wildman–Crippen MR) is 106 cm³/mol. The summed E-state index contributed by atoms with van der Waals surface area (Å²) in [5, 5.41) is 8.92. The van der Waals surface area contributed by atoms with Crippen LogP contribution in [0.1, 0.15) is 16.7 Å². The highest BCUT2D eigenvalue weighted by atomic mass is 19.4. The molecule has 33 heavy (non-hydrogen) atoms. The first kappa shape index (κ1) is 23.9. The molecule has 3 aromatic carbocycles.